The van der Waals surface area contributed by atoms with Crippen molar-refractivity contribution in [3.8, 4) is 0 Å². The van der Waals surface area contributed by atoms with E-state index >= 15 is 0 Å². The Hall–Kier alpha value is -1.99. The van der Waals surface area contributed by atoms with Crippen LogP contribution in [-0.2, 0) is 13.0 Å². The standard InChI is InChI=1S/C11H11ClN4O3/c12-9-2-1-8(10(5-9)16(17)18)6-13-4-3-11-14-7-15-19-11/h1-2,5,7,13H,3-4,6H2. The van der Waals surface area contributed by atoms with E-state index in [9.17, 15) is 10.1 Å². The van der Waals surface area contributed by atoms with Gasteiger partial charge in [-0.1, -0.05) is 16.8 Å². The van der Waals surface area contributed by atoms with Crippen molar-refractivity contribution in [2.24, 2.45) is 0 Å². The molecule has 0 unspecified atom stereocenters. The molecular weight excluding hydrogens is 272 g/mol. The molecule has 1 heterocycles. The Labute approximate surface area is 113 Å². The molecule has 0 saturated carbocycles. The van der Waals surface area contributed by atoms with Crippen molar-refractivity contribution in [3.05, 3.63) is 51.1 Å². The third-order valence-corrected chi connectivity index (χ3v) is 2.72. The van der Waals surface area contributed by atoms with Gasteiger partial charge < -0.3 is 9.84 Å². The van der Waals surface area contributed by atoms with E-state index in [1.165, 1.54) is 12.4 Å². The van der Waals surface area contributed by atoms with Gasteiger partial charge in [-0.3, -0.25) is 10.1 Å². The number of nitro benzene ring substituents is 1. The molecule has 0 aliphatic carbocycles. The van der Waals surface area contributed by atoms with E-state index in [2.05, 4.69) is 15.5 Å². The summed E-state index contributed by atoms with van der Waals surface area (Å²) in [6.07, 6.45) is 1.90. The summed E-state index contributed by atoms with van der Waals surface area (Å²) in [6.45, 7) is 0.962. The first-order chi connectivity index (χ1) is 9.16. The highest BCUT2D eigenvalue weighted by molar-refractivity contribution is 6.30. The number of hydrogen-bond donors (Lipinski definition) is 1. The molecule has 7 nitrogen and oxygen atoms in total. The maximum atomic E-state index is 10.9. The molecule has 8 heteroatoms. The smallest absolute Gasteiger partial charge is 0.275 e. The van der Waals surface area contributed by atoms with E-state index in [4.69, 9.17) is 16.1 Å². The quantitative estimate of drug-likeness (QED) is 0.494. The normalized spacial score (nSPS) is 10.6. The average molecular weight is 283 g/mol. The van der Waals surface area contributed by atoms with Crippen LogP contribution in [0.5, 0.6) is 0 Å². The molecule has 0 aliphatic rings. The molecule has 0 fully saturated rings. The predicted molar refractivity (Wildman–Crippen MR) is 67.8 cm³/mol. The molecule has 100 valence electrons. The van der Waals surface area contributed by atoms with Gasteiger partial charge in [-0.05, 0) is 12.1 Å². The third kappa shape index (κ3) is 3.73. The first-order valence-electron chi connectivity index (χ1n) is 5.56. The molecule has 19 heavy (non-hydrogen) atoms. The fourth-order valence-electron chi connectivity index (χ4n) is 1.58. The van der Waals surface area contributed by atoms with Crippen molar-refractivity contribution in [1.82, 2.24) is 15.5 Å². The highest BCUT2D eigenvalue weighted by atomic mass is 35.5. The molecular formula is C11H11ClN4O3. The van der Waals surface area contributed by atoms with Gasteiger partial charge in [0, 0.05) is 36.2 Å². The van der Waals surface area contributed by atoms with Crippen molar-refractivity contribution in [3.63, 3.8) is 0 Å². The van der Waals surface area contributed by atoms with Crippen molar-refractivity contribution in [2.45, 2.75) is 13.0 Å². The van der Waals surface area contributed by atoms with E-state index in [1.54, 1.807) is 12.1 Å². The first kappa shape index (κ1) is 13.4. The van der Waals surface area contributed by atoms with Gasteiger partial charge in [-0.15, -0.1) is 0 Å². The van der Waals surface area contributed by atoms with Gasteiger partial charge in [0.1, 0.15) is 0 Å². The van der Waals surface area contributed by atoms with Crippen LogP contribution in [0.25, 0.3) is 0 Å². The molecule has 0 radical (unpaired) electrons. The first-order valence-corrected chi connectivity index (χ1v) is 5.93. The van der Waals surface area contributed by atoms with Crippen LogP contribution in [-0.4, -0.2) is 21.6 Å². The number of benzene rings is 1. The summed E-state index contributed by atoms with van der Waals surface area (Å²) in [6, 6.07) is 4.61. The number of nitrogens with zero attached hydrogens (tertiary/aromatic N) is 3. The number of aromatic nitrogens is 2. The summed E-state index contributed by atoms with van der Waals surface area (Å²) in [5.41, 5.74) is 0.595. The van der Waals surface area contributed by atoms with Crippen LogP contribution >= 0.6 is 11.6 Å². The molecule has 0 saturated heterocycles. The summed E-state index contributed by atoms with van der Waals surface area (Å²) in [4.78, 5) is 14.3. The number of nitrogens with one attached hydrogen (secondary N) is 1. The molecule has 2 rings (SSSR count). The summed E-state index contributed by atoms with van der Waals surface area (Å²) >= 11 is 5.74. The van der Waals surface area contributed by atoms with Crippen LogP contribution in [0.1, 0.15) is 11.5 Å². The number of rotatable bonds is 6. The highest BCUT2D eigenvalue weighted by Gasteiger charge is 2.13. The van der Waals surface area contributed by atoms with Crippen LogP contribution < -0.4 is 5.32 Å². The van der Waals surface area contributed by atoms with Crippen molar-refractivity contribution < 1.29 is 9.45 Å². The van der Waals surface area contributed by atoms with Crippen molar-refractivity contribution >= 4 is 17.3 Å². The maximum absolute atomic E-state index is 10.9. The second-order valence-corrected chi connectivity index (χ2v) is 4.23. The lowest BCUT2D eigenvalue weighted by molar-refractivity contribution is -0.385. The number of hydrogen-bond acceptors (Lipinski definition) is 6. The fraction of sp³-hybridized carbons (Fsp3) is 0.273. The topological polar surface area (TPSA) is 94.1 Å². The second-order valence-electron chi connectivity index (χ2n) is 3.79. The van der Waals surface area contributed by atoms with Gasteiger partial charge in [-0.2, -0.15) is 4.98 Å². The van der Waals surface area contributed by atoms with E-state index < -0.39 is 4.92 Å². The molecule has 2 aromatic rings. The van der Waals surface area contributed by atoms with Crippen LogP contribution in [0.15, 0.2) is 29.0 Å². The van der Waals surface area contributed by atoms with E-state index in [0.717, 1.165) is 0 Å². The second kappa shape index (κ2) is 6.26. The van der Waals surface area contributed by atoms with E-state index in [1.807, 2.05) is 0 Å². The lowest BCUT2D eigenvalue weighted by Crippen LogP contribution is -2.17. The summed E-state index contributed by atoms with van der Waals surface area (Å²) < 4.78 is 4.84. The van der Waals surface area contributed by atoms with Crippen LogP contribution in [0.3, 0.4) is 0 Å². The monoisotopic (exact) mass is 282 g/mol. The van der Waals surface area contributed by atoms with E-state index in [-0.39, 0.29) is 5.69 Å². The summed E-state index contributed by atoms with van der Waals surface area (Å²) in [5.74, 6) is 0.526. The molecule has 1 aromatic heterocycles. The highest BCUT2D eigenvalue weighted by Crippen LogP contribution is 2.22. The Kier molecular flexibility index (Phi) is 4.43. The van der Waals surface area contributed by atoms with E-state index in [0.29, 0.717) is 36.0 Å². The van der Waals surface area contributed by atoms with Gasteiger partial charge in [0.2, 0.25) is 5.89 Å². The largest absolute Gasteiger partial charge is 0.340 e. The van der Waals surface area contributed by atoms with Gasteiger partial charge >= 0.3 is 0 Å². The Morgan fingerprint density at radius 1 is 1.47 bits per heavy atom. The van der Waals surface area contributed by atoms with Crippen LogP contribution in [0.2, 0.25) is 5.02 Å². The zero-order valence-corrected chi connectivity index (χ0v) is 10.6. The molecule has 1 N–H and O–H groups in total. The van der Waals surface area contributed by atoms with Crippen LogP contribution in [0.4, 0.5) is 5.69 Å². The minimum atomic E-state index is -0.444. The minimum absolute atomic E-state index is 0.0118. The van der Waals surface area contributed by atoms with Gasteiger partial charge in [0.05, 0.1) is 4.92 Å². The SMILES string of the molecule is O=[N+]([O-])c1cc(Cl)ccc1CNCCc1ncno1. The molecule has 0 bridgehead atoms. The molecule has 0 amide bonds. The minimum Gasteiger partial charge on any atom is -0.340 e. The zero-order chi connectivity index (χ0) is 13.7. The number of nitro groups is 1. The zero-order valence-electron chi connectivity index (χ0n) is 9.88. The Morgan fingerprint density at radius 3 is 3.00 bits per heavy atom. The molecule has 0 atom stereocenters. The fourth-order valence-corrected chi connectivity index (χ4v) is 1.75. The maximum Gasteiger partial charge on any atom is 0.275 e. The predicted octanol–water partition coefficient (Wildman–Crippen LogP) is 1.96. The Bertz CT molecular complexity index is 559. The molecule has 0 aliphatic heterocycles. The molecule has 1 aromatic carbocycles. The van der Waals surface area contributed by atoms with Gasteiger partial charge in [0.25, 0.3) is 5.69 Å². The third-order valence-electron chi connectivity index (χ3n) is 2.48. The van der Waals surface area contributed by atoms with Crippen LogP contribution in [0, 0.1) is 10.1 Å². The lowest BCUT2D eigenvalue weighted by Gasteiger charge is -2.04. The number of halogens is 1. The van der Waals surface area contributed by atoms with Gasteiger partial charge in [-0.25, -0.2) is 0 Å². The average Bonchev–Trinajstić information content (AvgIpc) is 2.89. The Balaban J connectivity index is 1.90. The van der Waals surface area contributed by atoms with Crippen molar-refractivity contribution in [2.75, 3.05) is 6.54 Å². The summed E-state index contributed by atoms with van der Waals surface area (Å²) in [7, 11) is 0. The lowest BCUT2D eigenvalue weighted by atomic mass is 10.2. The Morgan fingerprint density at radius 2 is 2.32 bits per heavy atom. The van der Waals surface area contributed by atoms with Crippen molar-refractivity contribution in [1.29, 1.82) is 0 Å². The molecule has 0 spiro atoms. The van der Waals surface area contributed by atoms with Gasteiger partial charge in [0.15, 0.2) is 6.33 Å². The summed E-state index contributed by atoms with van der Waals surface area (Å²) in [5, 5.41) is 17.8.